The Labute approximate surface area is 105 Å². The van der Waals surface area contributed by atoms with Crippen molar-refractivity contribution in [3.63, 3.8) is 0 Å². The van der Waals surface area contributed by atoms with Crippen molar-refractivity contribution < 1.29 is 4.52 Å². The van der Waals surface area contributed by atoms with Crippen LogP contribution in [-0.2, 0) is 19.4 Å². The molecular formula is C11H18N6O. The zero-order valence-electron chi connectivity index (χ0n) is 10.9. The minimum absolute atomic E-state index is 0.415. The summed E-state index contributed by atoms with van der Waals surface area (Å²) in [6.45, 7) is 6.65. The Morgan fingerprint density at radius 3 is 2.83 bits per heavy atom. The molecule has 2 aromatic rings. The number of aromatic nitrogens is 5. The van der Waals surface area contributed by atoms with Gasteiger partial charge < -0.3 is 10.3 Å². The van der Waals surface area contributed by atoms with Gasteiger partial charge in [-0.2, -0.15) is 4.98 Å². The molecule has 0 aliphatic rings. The average molecular weight is 250 g/mol. The molecule has 0 aromatic carbocycles. The Balaban J connectivity index is 2.11. The fraction of sp³-hybridized carbons (Fsp3) is 0.636. The molecule has 0 spiro atoms. The van der Waals surface area contributed by atoms with E-state index >= 15 is 0 Å². The fourth-order valence-electron chi connectivity index (χ4n) is 1.77. The standard InChI is InChI=1S/C11H18N6O/c1-4-8-11(12)14-16-17(8)6-10-13-9(15-18-10)5-7(2)3/h7H,4-6,12H2,1-3H3. The van der Waals surface area contributed by atoms with Gasteiger partial charge in [0, 0.05) is 6.42 Å². The van der Waals surface area contributed by atoms with Crippen molar-refractivity contribution in [1.29, 1.82) is 0 Å². The molecule has 7 heteroatoms. The largest absolute Gasteiger partial charge is 0.381 e. The van der Waals surface area contributed by atoms with Gasteiger partial charge in [-0.15, -0.1) is 5.10 Å². The van der Waals surface area contributed by atoms with Crippen molar-refractivity contribution >= 4 is 5.82 Å². The van der Waals surface area contributed by atoms with E-state index in [2.05, 4.69) is 34.3 Å². The van der Waals surface area contributed by atoms with Crippen LogP contribution in [0.4, 0.5) is 5.82 Å². The van der Waals surface area contributed by atoms with Gasteiger partial charge in [-0.05, 0) is 12.3 Å². The minimum atomic E-state index is 0.415. The van der Waals surface area contributed by atoms with Crippen molar-refractivity contribution in [2.24, 2.45) is 5.92 Å². The number of hydrogen-bond acceptors (Lipinski definition) is 6. The van der Waals surface area contributed by atoms with Crippen LogP contribution in [0.15, 0.2) is 4.52 Å². The second kappa shape index (κ2) is 5.16. The first-order chi connectivity index (χ1) is 8.60. The zero-order valence-corrected chi connectivity index (χ0v) is 10.9. The number of nitrogens with zero attached hydrogens (tertiary/aromatic N) is 5. The lowest BCUT2D eigenvalue weighted by Gasteiger charge is -2.00. The highest BCUT2D eigenvalue weighted by molar-refractivity contribution is 5.32. The first-order valence-electron chi connectivity index (χ1n) is 6.09. The molecule has 2 rings (SSSR count). The molecule has 2 heterocycles. The third-order valence-corrected chi connectivity index (χ3v) is 2.59. The van der Waals surface area contributed by atoms with E-state index in [4.69, 9.17) is 10.3 Å². The zero-order chi connectivity index (χ0) is 13.1. The molecule has 0 saturated carbocycles. The summed E-state index contributed by atoms with van der Waals surface area (Å²) in [4.78, 5) is 4.32. The maximum atomic E-state index is 5.72. The van der Waals surface area contributed by atoms with E-state index in [1.165, 1.54) is 0 Å². The van der Waals surface area contributed by atoms with Crippen LogP contribution in [-0.4, -0.2) is 25.1 Å². The molecule has 0 saturated heterocycles. The van der Waals surface area contributed by atoms with Gasteiger partial charge in [0.25, 0.3) is 0 Å². The van der Waals surface area contributed by atoms with Crippen LogP contribution in [0.25, 0.3) is 0 Å². The van der Waals surface area contributed by atoms with Crippen LogP contribution in [0.2, 0.25) is 0 Å². The molecule has 98 valence electrons. The first kappa shape index (κ1) is 12.5. The summed E-state index contributed by atoms with van der Waals surface area (Å²) >= 11 is 0. The summed E-state index contributed by atoms with van der Waals surface area (Å²) in [5.74, 6) is 2.22. The van der Waals surface area contributed by atoms with Crippen LogP contribution >= 0.6 is 0 Å². The van der Waals surface area contributed by atoms with E-state index in [0.29, 0.717) is 24.2 Å². The van der Waals surface area contributed by atoms with Gasteiger partial charge in [0.1, 0.15) is 6.54 Å². The lowest BCUT2D eigenvalue weighted by Crippen LogP contribution is -2.07. The van der Waals surface area contributed by atoms with E-state index in [-0.39, 0.29) is 0 Å². The summed E-state index contributed by atoms with van der Waals surface area (Å²) in [5, 5.41) is 11.7. The van der Waals surface area contributed by atoms with E-state index in [0.717, 1.165) is 24.4 Å². The SMILES string of the molecule is CCc1c(N)nnn1Cc1nc(CC(C)C)no1. The molecule has 0 radical (unpaired) electrons. The predicted molar refractivity (Wildman–Crippen MR) is 65.8 cm³/mol. The van der Waals surface area contributed by atoms with Crippen molar-refractivity contribution in [3.8, 4) is 0 Å². The first-order valence-corrected chi connectivity index (χ1v) is 6.09. The number of nitrogens with two attached hydrogens (primary N) is 1. The Hall–Kier alpha value is -1.92. The summed E-state index contributed by atoms with van der Waals surface area (Å²) in [6, 6.07) is 0. The number of nitrogen functional groups attached to an aromatic ring is 1. The topological polar surface area (TPSA) is 95.7 Å². The highest BCUT2D eigenvalue weighted by atomic mass is 16.5. The van der Waals surface area contributed by atoms with Crippen molar-refractivity contribution in [2.75, 3.05) is 5.73 Å². The van der Waals surface area contributed by atoms with E-state index in [1.807, 2.05) is 6.92 Å². The quantitative estimate of drug-likeness (QED) is 0.852. The maximum absolute atomic E-state index is 5.72. The van der Waals surface area contributed by atoms with Gasteiger partial charge in [-0.25, -0.2) is 4.68 Å². The van der Waals surface area contributed by atoms with E-state index in [9.17, 15) is 0 Å². The van der Waals surface area contributed by atoms with Crippen molar-refractivity contribution in [1.82, 2.24) is 25.1 Å². The molecule has 2 N–H and O–H groups in total. The van der Waals surface area contributed by atoms with Gasteiger partial charge in [-0.3, -0.25) is 0 Å². The molecule has 0 fully saturated rings. The minimum Gasteiger partial charge on any atom is -0.381 e. The molecule has 0 amide bonds. The predicted octanol–water partition coefficient (Wildman–Crippen LogP) is 1.05. The van der Waals surface area contributed by atoms with E-state index in [1.54, 1.807) is 4.68 Å². The third kappa shape index (κ3) is 2.66. The Morgan fingerprint density at radius 2 is 2.17 bits per heavy atom. The van der Waals surface area contributed by atoms with Gasteiger partial charge in [-0.1, -0.05) is 31.1 Å². The second-order valence-electron chi connectivity index (χ2n) is 4.63. The Bertz CT molecular complexity index is 515. The Morgan fingerprint density at radius 1 is 1.39 bits per heavy atom. The van der Waals surface area contributed by atoms with Gasteiger partial charge >= 0.3 is 0 Å². The van der Waals surface area contributed by atoms with Gasteiger partial charge in [0.2, 0.25) is 5.89 Å². The monoisotopic (exact) mass is 250 g/mol. The summed E-state index contributed by atoms with van der Waals surface area (Å²) in [7, 11) is 0. The average Bonchev–Trinajstić information content (AvgIpc) is 2.86. The van der Waals surface area contributed by atoms with E-state index < -0.39 is 0 Å². The van der Waals surface area contributed by atoms with Crippen molar-refractivity contribution in [2.45, 2.75) is 40.2 Å². The lowest BCUT2D eigenvalue weighted by atomic mass is 10.1. The number of rotatable bonds is 5. The number of hydrogen-bond donors (Lipinski definition) is 1. The molecule has 18 heavy (non-hydrogen) atoms. The third-order valence-electron chi connectivity index (χ3n) is 2.59. The second-order valence-corrected chi connectivity index (χ2v) is 4.63. The Kier molecular flexibility index (Phi) is 3.59. The van der Waals surface area contributed by atoms with Gasteiger partial charge in [0.15, 0.2) is 11.6 Å². The highest BCUT2D eigenvalue weighted by Crippen LogP contribution is 2.11. The molecular weight excluding hydrogens is 232 g/mol. The molecule has 0 bridgehead atoms. The van der Waals surface area contributed by atoms with Crippen LogP contribution in [0.5, 0.6) is 0 Å². The molecule has 7 nitrogen and oxygen atoms in total. The molecule has 0 aliphatic heterocycles. The highest BCUT2D eigenvalue weighted by Gasteiger charge is 2.13. The van der Waals surface area contributed by atoms with Gasteiger partial charge in [0.05, 0.1) is 5.69 Å². The molecule has 0 atom stereocenters. The van der Waals surface area contributed by atoms with Crippen molar-refractivity contribution in [3.05, 3.63) is 17.4 Å². The fourth-order valence-corrected chi connectivity index (χ4v) is 1.77. The summed E-state index contributed by atoms with van der Waals surface area (Å²) in [5.41, 5.74) is 6.60. The summed E-state index contributed by atoms with van der Waals surface area (Å²) in [6.07, 6.45) is 1.58. The molecule has 0 aliphatic carbocycles. The smallest absolute Gasteiger partial charge is 0.248 e. The summed E-state index contributed by atoms with van der Waals surface area (Å²) < 4.78 is 6.88. The van der Waals surface area contributed by atoms with Crippen LogP contribution in [0, 0.1) is 5.92 Å². The van der Waals surface area contributed by atoms with Crippen LogP contribution in [0.1, 0.15) is 38.2 Å². The normalized spacial score (nSPS) is 11.3. The molecule has 0 unspecified atom stereocenters. The number of anilines is 1. The maximum Gasteiger partial charge on any atom is 0.248 e. The van der Waals surface area contributed by atoms with Crippen LogP contribution in [0.3, 0.4) is 0 Å². The van der Waals surface area contributed by atoms with Crippen LogP contribution < -0.4 is 5.73 Å². The molecule has 2 aromatic heterocycles. The lowest BCUT2D eigenvalue weighted by molar-refractivity contribution is 0.356.